The lowest BCUT2D eigenvalue weighted by Crippen LogP contribution is -2.48. The van der Waals surface area contributed by atoms with Crippen molar-refractivity contribution in [2.75, 3.05) is 39.4 Å². The van der Waals surface area contributed by atoms with Gasteiger partial charge in [-0.2, -0.15) is 0 Å². The molecular weight excluding hydrogens is 320 g/mol. The van der Waals surface area contributed by atoms with Crippen molar-refractivity contribution in [3.8, 4) is 5.75 Å². The number of piperidine rings is 1. The number of carbonyl (C=O) groups is 2. The molecule has 1 spiro atoms. The zero-order chi connectivity index (χ0) is 17.9. The number of ether oxygens (including phenoxy) is 1. The van der Waals surface area contributed by atoms with Crippen molar-refractivity contribution in [1.29, 1.82) is 0 Å². The molecule has 2 saturated heterocycles. The van der Waals surface area contributed by atoms with Gasteiger partial charge in [-0.1, -0.05) is 18.2 Å². The Morgan fingerprint density at radius 1 is 1.20 bits per heavy atom. The molecule has 1 aromatic carbocycles. The van der Waals surface area contributed by atoms with Gasteiger partial charge in [-0.15, -0.1) is 0 Å². The van der Waals surface area contributed by atoms with Crippen LogP contribution in [0.15, 0.2) is 30.3 Å². The van der Waals surface area contributed by atoms with Crippen molar-refractivity contribution in [3.63, 3.8) is 0 Å². The summed E-state index contributed by atoms with van der Waals surface area (Å²) in [4.78, 5) is 27.7. The lowest BCUT2D eigenvalue weighted by molar-refractivity contribution is -0.136. The van der Waals surface area contributed by atoms with Gasteiger partial charge in [-0.05, 0) is 30.4 Å². The minimum Gasteiger partial charge on any atom is -0.484 e. The standard InChI is InChI=1S/C19H26N2O4/c1-15(23)21-11-16(12-22)19(14-21)7-9-20(10-8-19)18(24)13-25-17-5-3-2-4-6-17/h2-6,16,22H,7-14H2,1H3. The Labute approximate surface area is 148 Å². The zero-order valence-electron chi connectivity index (χ0n) is 14.7. The Bertz CT molecular complexity index is 611. The molecule has 1 N–H and O–H groups in total. The number of likely N-dealkylation sites (tertiary alicyclic amines) is 2. The van der Waals surface area contributed by atoms with E-state index in [4.69, 9.17) is 4.74 Å². The molecule has 0 aromatic heterocycles. The smallest absolute Gasteiger partial charge is 0.260 e. The molecule has 25 heavy (non-hydrogen) atoms. The Hall–Kier alpha value is -2.08. The molecular formula is C19H26N2O4. The summed E-state index contributed by atoms with van der Waals surface area (Å²) < 4.78 is 5.54. The summed E-state index contributed by atoms with van der Waals surface area (Å²) in [6, 6.07) is 9.32. The predicted octanol–water partition coefficient (Wildman–Crippen LogP) is 1.14. The van der Waals surface area contributed by atoms with Crippen LogP contribution in [0.1, 0.15) is 19.8 Å². The number of rotatable bonds is 4. The normalized spacial score (nSPS) is 22.2. The molecule has 136 valence electrons. The van der Waals surface area contributed by atoms with E-state index in [1.165, 1.54) is 0 Å². The average molecular weight is 346 g/mol. The van der Waals surface area contributed by atoms with Crippen LogP contribution in [-0.2, 0) is 9.59 Å². The largest absolute Gasteiger partial charge is 0.484 e. The quantitative estimate of drug-likeness (QED) is 0.888. The van der Waals surface area contributed by atoms with Crippen molar-refractivity contribution in [1.82, 2.24) is 9.80 Å². The Morgan fingerprint density at radius 2 is 1.88 bits per heavy atom. The SMILES string of the molecule is CC(=O)N1CC(CO)C2(CCN(C(=O)COc3ccccc3)CC2)C1. The third-order valence-electron chi connectivity index (χ3n) is 5.70. The van der Waals surface area contributed by atoms with Gasteiger partial charge in [0.15, 0.2) is 6.61 Å². The van der Waals surface area contributed by atoms with E-state index in [0.717, 1.165) is 12.8 Å². The fourth-order valence-corrected chi connectivity index (χ4v) is 4.05. The van der Waals surface area contributed by atoms with Gasteiger partial charge in [-0.25, -0.2) is 0 Å². The van der Waals surface area contributed by atoms with Gasteiger partial charge in [0.1, 0.15) is 5.75 Å². The van der Waals surface area contributed by atoms with Crippen LogP contribution in [0, 0.1) is 11.3 Å². The summed E-state index contributed by atoms with van der Waals surface area (Å²) in [7, 11) is 0. The van der Waals surface area contributed by atoms with E-state index in [0.29, 0.717) is 31.9 Å². The molecule has 2 heterocycles. The molecule has 1 atom stereocenters. The summed E-state index contributed by atoms with van der Waals surface area (Å²) in [5.41, 5.74) is -0.0580. The second-order valence-electron chi connectivity index (χ2n) is 7.12. The fraction of sp³-hybridized carbons (Fsp3) is 0.579. The van der Waals surface area contributed by atoms with E-state index in [2.05, 4.69) is 0 Å². The molecule has 6 heteroatoms. The first kappa shape index (κ1) is 17.7. The van der Waals surface area contributed by atoms with Crippen molar-refractivity contribution in [3.05, 3.63) is 30.3 Å². The molecule has 0 radical (unpaired) electrons. The van der Waals surface area contributed by atoms with Gasteiger partial charge in [0.25, 0.3) is 5.91 Å². The minimum absolute atomic E-state index is 0.0133. The first-order valence-electron chi connectivity index (χ1n) is 8.86. The lowest BCUT2D eigenvalue weighted by Gasteiger charge is -2.42. The van der Waals surface area contributed by atoms with Gasteiger partial charge in [0, 0.05) is 45.6 Å². The molecule has 1 aromatic rings. The highest BCUT2D eigenvalue weighted by Gasteiger charge is 2.48. The average Bonchev–Trinajstić information content (AvgIpc) is 2.99. The fourth-order valence-electron chi connectivity index (χ4n) is 4.05. The monoisotopic (exact) mass is 346 g/mol. The molecule has 6 nitrogen and oxygen atoms in total. The zero-order valence-corrected chi connectivity index (χ0v) is 14.7. The highest BCUT2D eigenvalue weighted by atomic mass is 16.5. The van der Waals surface area contributed by atoms with Crippen LogP contribution in [0.3, 0.4) is 0 Å². The number of nitrogens with zero attached hydrogens (tertiary/aromatic N) is 2. The van der Waals surface area contributed by atoms with Gasteiger partial charge in [0.05, 0.1) is 0 Å². The first-order valence-corrected chi connectivity index (χ1v) is 8.86. The third kappa shape index (κ3) is 3.79. The van der Waals surface area contributed by atoms with Crippen LogP contribution in [0.2, 0.25) is 0 Å². The van der Waals surface area contributed by atoms with Crippen molar-refractivity contribution < 1.29 is 19.4 Å². The molecule has 2 aliphatic rings. The summed E-state index contributed by atoms with van der Waals surface area (Å²) in [6.45, 7) is 4.33. The van der Waals surface area contributed by atoms with Gasteiger partial charge < -0.3 is 19.6 Å². The van der Waals surface area contributed by atoms with Crippen molar-refractivity contribution in [2.45, 2.75) is 19.8 Å². The Morgan fingerprint density at radius 3 is 2.48 bits per heavy atom. The number of aliphatic hydroxyl groups is 1. The number of aliphatic hydroxyl groups excluding tert-OH is 1. The van der Waals surface area contributed by atoms with Gasteiger partial charge >= 0.3 is 0 Å². The molecule has 0 aliphatic carbocycles. The van der Waals surface area contributed by atoms with Crippen LogP contribution in [0.25, 0.3) is 0 Å². The van der Waals surface area contributed by atoms with E-state index in [1.807, 2.05) is 40.1 Å². The van der Waals surface area contributed by atoms with Crippen LogP contribution in [-0.4, -0.2) is 66.1 Å². The summed E-state index contributed by atoms with van der Waals surface area (Å²) in [5.74, 6) is 0.845. The molecule has 1 unspecified atom stereocenters. The Kier molecular flexibility index (Phi) is 5.27. The maximum atomic E-state index is 12.4. The summed E-state index contributed by atoms with van der Waals surface area (Å²) in [6.07, 6.45) is 1.64. The first-order chi connectivity index (χ1) is 12.0. The van der Waals surface area contributed by atoms with E-state index in [9.17, 15) is 14.7 Å². The van der Waals surface area contributed by atoms with E-state index < -0.39 is 0 Å². The van der Waals surface area contributed by atoms with Gasteiger partial charge in [-0.3, -0.25) is 9.59 Å². The molecule has 2 amide bonds. The predicted molar refractivity (Wildman–Crippen MR) is 93.0 cm³/mol. The van der Waals surface area contributed by atoms with Gasteiger partial charge in [0.2, 0.25) is 5.91 Å². The minimum atomic E-state index is -0.0580. The topological polar surface area (TPSA) is 70.1 Å². The maximum Gasteiger partial charge on any atom is 0.260 e. The van der Waals surface area contributed by atoms with Crippen LogP contribution >= 0.6 is 0 Å². The highest BCUT2D eigenvalue weighted by molar-refractivity contribution is 5.78. The molecule has 0 bridgehead atoms. The summed E-state index contributed by atoms with van der Waals surface area (Å²) >= 11 is 0. The van der Waals surface area contributed by atoms with Crippen molar-refractivity contribution >= 4 is 11.8 Å². The molecule has 2 aliphatic heterocycles. The van der Waals surface area contributed by atoms with Crippen molar-refractivity contribution in [2.24, 2.45) is 11.3 Å². The number of amides is 2. The number of para-hydroxylation sites is 1. The van der Waals surface area contributed by atoms with E-state index >= 15 is 0 Å². The second-order valence-corrected chi connectivity index (χ2v) is 7.12. The van der Waals surface area contributed by atoms with E-state index in [1.54, 1.807) is 6.92 Å². The number of hydrogen-bond donors (Lipinski definition) is 1. The molecule has 0 saturated carbocycles. The van der Waals surface area contributed by atoms with E-state index in [-0.39, 0.29) is 36.4 Å². The van der Waals surface area contributed by atoms with Crippen LogP contribution < -0.4 is 4.74 Å². The lowest BCUT2D eigenvalue weighted by atomic mass is 9.71. The molecule has 2 fully saturated rings. The van der Waals surface area contributed by atoms with Crippen LogP contribution in [0.5, 0.6) is 5.75 Å². The Balaban J connectivity index is 1.54. The maximum absolute atomic E-state index is 12.4. The number of hydrogen-bond acceptors (Lipinski definition) is 4. The third-order valence-corrected chi connectivity index (χ3v) is 5.70. The summed E-state index contributed by atoms with van der Waals surface area (Å²) in [5, 5.41) is 9.73. The number of benzene rings is 1. The van der Waals surface area contributed by atoms with Crippen LogP contribution in [0.4, 0.5) is 0 Å². The highest BCUT2D eigenvalue weighted by Crippen LogP contribution is 2.44. The number of carbonyl (C=O) groups excluding carboxylic acids is 2. The molecule has 3 rings (SSSR count). The second kappa shape index (κ2) is 7.44.